The molecular formula is C12H10BrCl2NS. The molecule has 5 heteroatoms. The highest BCUT2D eigenvalue weighted by Gasteiger charge is 2.09. The average molecular weight is 351 g/mol. The SMILES string of the molecule is CC(Nc1ccc(Cl)cc1Cl)c1cc(Br)cs1. The van der Waals surface area contributed by atoms with Gasteiger partial charge in [-0.05, 0) is 47.1 Å². The first-order chi connectivity index (χ1) is 8.06. The van der Waals surface area contributed by atoms with Crippen LogP contribution in [0.3, 0.4) is 0 Å². The summed E-state index contributed by atoms with van der Waals surface area (Å²) in [4.78, 5) is 1.25. The normalized spacial score (nSPS) is 12.5. The molecule has 1 heterocycles. The van der Waals surface area contributed by atoms with Gasteiger partial charge in [-0.2, -0.15) is 0 Å². The molecule has 0 bridgehead atoms. The molecule has 0 spiro atoms. The minimum absolute atomic E-state index is 0.213. The van der Waals surface area contributed by atoms with Crippen LogP contribution in [-0.4, -0.2) is 0 Å². The van der Waals surface area contributed by atoms with Gasteiger partial charge >= 0.3 is 0 Å². The van der Waals surface area contributed by atoms with Gasteiger partial charge in [-0.25, -0.2) is 0 Å². The number of rotatable bonds is 3. The number of halogens is 3. The van der Waals surface area contributed by atoms with Crippen molar-refractivity contribution in [1.29, 1.82) is 0 Å². The molecule has 1 nitrogen and oxygen atoms in total. The Bertz CT molecular complexity index is 527. The largest absolute Gasteiger partial charge is 0.376 e. The minimum Gasteiger partial charge on any atom is -0.376 e. The number of thiophene rings is 1. The molecule has 2 aromatic rings. The van der Waals surface area contributed by atoms with Gasteiger partial charge in [-0.1, -0.05) is 23.2 Å². The number of hydrogen-bond acceptors (Lipinski definition) is 2. The van der Waals surface area contributed by atoms with Crippen molar-refractivity contribution in [3.05, 3.63) is 49.0 Å². The second-order valence-corrected chi connectivity index (χ2v) is 6.36. The predicted molar refractivity (Wildman–Crippen MR) is 80.5 cm³/mol. The lowest BCUT2D eigenvalue weighted by Gasteiger charge is -2.15. The van der Waals surface area contributed by atoms with E-state index in [2.05, 4.69) is 39.6 Å². The first kappa shape index (κ1) is 13.2. The molecule has 17 heavy (non-hydrogen) atoms. The summed E-state index contributed by atoms with van der Waals surface area (Å²) < 4.78 is 1.10. The molecule has 90 valence electrons. The van der Waals surface area contributed by atoms with Crippen molar-refractivity contribution in [3.8, 4) is 0 Å². The summed E-state index contributed by atoms with van der Waals surface area (Å²) in [6.07, 6.45) is 0. The Labute approximate surface area is 123 Å². The smallest absolute Gasteiger partial charge is 0.0652 e. The maximum atomic E-state index is 6.11. The predicted octanol–water partition coefficient (Wildman–Crippen LogP) is 5.99. The van der Waals surface area contributed by atoms with Gasteiger partial charge in [0.25, 0.3) is 0 Å². The van der Waals surface area contributed by atoms with E-state index in [1.165, 1.54) is 4.88 Å². The summed E-state index contributed by atoms with van der Waals surface area (Å²) in [5.74, 6) is 0. The van der Waals surface area contributed by atoms with Crippen molar-refractivity contribution in [3.63, 3.8) is 0 Å². The topological polar surface area (TPSA) is 12.0 Å². The van der Waals surface area contributed by atoms with Gasteiger partial charge in [-0.3, -0.25) is 0 Å². The minimum atomic E-state index is 0.213. The van der Waals surface area contributed by atoms with Gasteiger partial charge in [0.2, 0.25) is 0 Å². The van der Waals surface area contributed by atoms with E-state index >= 15 is 0 Å². The van der Waals surface area contributed by atoms with Gasteiger partial charge in [0.15, 0.2) is 0 Å². The highest BCUT2D eigenvalue weighted by molar-refractivity contribution is 9.10. The average Bonchev–Trinajstić information content (AvgIpc) is 2.69. The Morgan fingerprint density at radius 1 is 1.29 bits per heavy atom. The monoisotopic (exact) mass is 349 g/mol. The first-order valence-electron chi connectivity index (χ1n) is 5.02. The number of hydrogen-bond donors (Lipinski definition) is 1. The van der Waals surface area contributed by atoms with Crippen LogP contribution in [0, 0.1) is 0 Å². The maximum absolute atomic E-state index is 6.11. The zero-order valence-electron chi connectivity index (χ0n) is 9.01. The Balaban J connectivity index is 2.15. The lowest BCUT2D eigenvalue weighted by atomic mass is 10.2. The number of benzene rings is 1. The fourth-order valence-corrected chi connectivity index (χ4v) is 3.38. The fourth-order valence-electron chi connectivity index (χ4n) is 1.47. The third-order valence-electron chi connectivity index (χ3n) is 2.32. The van der Waals surface area contributed by atoms with Crippen LogP contribution in [0.15, 0.2) is 34.1 Å². The zero-order chi connectivity index (χ0) is 12.4. The standard InChI is InChI=1S/C12H10BrCl2NS/c1-7(12-4-8(13)6-17-12)16-11-3-2-9(14)5-10(11)15/h2-7,16H,1H3. The van der Waals surface area contributed by atoms with Gasteiger partial charge in [0.1, 0.15) is 0 Å². The van der Waals surface area contributed by atoms with Crippen molar-refractivity contribution in [2.24, 2.45) is 0 Å². The van der Waals surface area contributed by atoms with Crippen LogP contribution in [0.1, 0.15) is 17.8 Å². The van der Waals surface area contributed by atoms with E-state index in [1.54, 1.807) is 17.4 Å². The number of anilines is 1. The van der Waals surface area contributed by atoms with Crippen LogP contribution >= 0.6 is 50.5 Å². The molecule has 1 N–H and O–H groups in total. The van der Waals surface area contributed by atoms with E-state index in [0.29, 0.717) is 10.0 Å². The molecule has 0 radical (unpaired) electrons. The Hall–Kier alpha value is -0.220. The van der Waals surface area contributed by atoms with Crippen LogP contribution in [0.2, 0.25) is 10.0 Å². The third-order valence-corrected chi connectivity index (χ3v) is 4.74. The fraction of sp³-hybridized carbons (Fsp3) is 0.167. The van der Waals surface area contributed by atoms with Crippen molar-refractivity contribution in [2.75, 3.05) is 5.32 Å². The van der Waals surface area contributed by atoms with Gasteiger partial charge < -0.3 is 5.32 Å². The van der Waals surface area contributed by atoms with Crippen LogP contribution in [0.25, 0.3) is 0 Å². The molecule has 0 aliphatic heterocycles. The van der Waals surface area contributed by atoms with E-state index in [-0.39, 0.29) is 6.04 Å². The Morgan fingerprint density at radius 3 is 2.65 bits per heavy atom. The van der Waals surface area contributed by atoms with Crippen molar-refractivity contribution in [2.45, 2.75) is 13.0 Å². The molecule has 0 saturated heterocycles. The highest BCUT2D eigenvalue weighted by atomic mass is 79.9. The first-order valence-corrected chi connectivity index (χ1v) is 7.44. The van der Waals surface area contributed by atoms with Crippen LogP contribution in [0.4, 0.5) is 5.69 Å². The van der Waals surface area contributed by atoms with Crippen LogP contribution in [0.5, 0.6) is 0 Å². The maximum Gasteiger partial charge on any atom is 0.0652 e. The summed E-state index contributed by atoms with van der Waals surface area (Å²) in [7, 11) is 0. The van der Waals surface area contributed by atoms with E-state index in [1.807, 2.05) is 12.1 Å². The molecule has 0 aliphatic rings. The van der Waals surface area contributed by atoms with Gasteiger partial charge in [0, 0.05) is 19.8 Å². The molecule has 1 aromatic heterocycles. The van der Waals surface area contributed by atoms with E-state index < -0.39 is 0 Å². The molecule has 1 unspecified atom stereocenters. The summed E-state index contributed by atoms with van der Waals surface area (Å²) in [5, 5.41) is 6.72. The third kappa shape index (κ3) is 3.38. The lowest BCUT2D eigenvalue weighted by Crippen LogP contribution is -2.05. The molecule has 1 aromatic carbocycles. The summed E-state index contributed by atoms with van der Waals surface area (Å²) >= 11 is 17.1. The Kier molecular flexibility index (Phi) is 4.36. The Morgan fingerprint density at radius 2 is 2.06 bits per heavy atom. The van der Waals surface area contributed by atoms with Crippen molar-refractivity contribution < 1.29 is 0 Å². The molecular weight excluding hydrogens is 341 g/mol. The van der Waals surface area contributed by atoms with E-state index in [0.717, 1.165) is 10.2 Å². The van der Waals surface area contributed by atoms with E-state index in [4.69, 9.17) is 23.2 Å². The molecule has 0 saturated carbocycles. The summed E-state index contributed by atoms with van der Waals surface area (Å²) in [5.41, 5.74) is 0.896. The molecule has 1 atom stereocenters. The van der Waals surface area contributed by atoms with Gasteiger partial charge in [-0.15, -0.1) is 11.3 Å². The number of nitrogens with one attached hydrogen (secondary N) is 1. The quantitative estimate of drug-likeness (QED) is 0.716. The molecule has 0 fully saturated rings. The molecule has 0 aliphatic carbocycles. The molecule has 2 rings (SSSR count). The molecule has 0 amide bonds. The summed E-state index contributed by atoms with van der Waals surface area (Å²) in [6.45, 7) is 2.10. The highest BCUT2D eigenvalue weighted by Crippen LogP contribution is 2.31. The van der Waals surface area contributed by atoms with Crippen molar-refractivity contribution >= 4 is 56.2 Å². The van der Waals surface area contributed by atoms with Gasteiger partial charge in [0.05, 0.1) is 16.8 Å². The zero-order valence-corrected chi connectivity index (χ0v) is 12.9. The van der Waals surface area contributed by atoms with Crippen LogP contribution < -0.4 is 5.32 Å². The van der Waals surface area contributed by atoms with Crippen molar-refractivity contribution in [1.82, 2.24) is 0 Å². The second-order valence-electron chi connectivity index (χ2n) is 3.66. The van der Waals surface area contributed by atoms with Crippen LogP contribution in [-0.2, 0) is 0 Å². The summed E-state index contributed by atoms with van der Waals surface area (Å²) in [6, 6.07) is 7.77. The second kappa shape index (κ2) is 5.61. The van der Waals surface area contributed by atoms with E-state index in [9.17, 15) is 0 Å². The lowest BCUT2D eigenvalue weighted by molar-refractivity contribution is 0.908.